The predicted molar refractivity (Wildman–Crippen MR) is 65.6 cm³/mol. The molecule has 0 amide bonds. The first-order valence-electron chi connectivity index (χ1n) is 5.71. The van der Waals surface area contributed by atoms with E-state index < -0.39 is 17.5 Å². The van der Waals surface area contributed by atoms with Gasteiger partial charge in [-0.3, -0.25) is 0 Å². The monoisotopic (exact) mass is 267 g/mol. The van der Waals surface area contributed by atoms with Crippen LogP contribution in [0, 0.1) is 17.5 Å². The first kappa shape index (κ1) is 13.4. The highest BCUT2D eigenvalue weighted by Gasteiger charge is 2.08. The molecule has 0 radical (unpaired) electrons. The van der Waals surface area contributed by atoms with Crippen LogP contribution in [-0.2, 0) is 6.42 Å². The Labute approximate surface area is 108 Å². The molecule has 19 heavy (non-hydrogen) atoms. The van der Waals surface area contributed by atoms with Crippen LogP contribution in [0.1, 0.15) is 5.56 Å². The van der Waals surface area contributed by atoms with Crippen molar-refractivity contribution in [1.29, 1.82) is 0 Å². The summed E-state index contributed by atoms with van der Waals surface area (Å²) >= 11 is 0. The van der Waals surface area contributed by atoms with Crippen molar-refractivity contribution in [2.75, 3.05) is 6.54 Å². The van der Waals surface area contributed by atoms with Crippen LogP contribution >= 0.6 is 0 Å². The summed E-state index contributed by atoms with van der Waals surface area (Å²) in [7, 11) is 0. The van der Waals surface area contributed by atoms with Gasteiger partial charge in [0.25, 0.3) is 0 Å². The molecule has 0 fully saturated rings. The molecular formula is C14H12F3NO. The molecule has 0 aliphatic heterocycles. The van der Waals surface area contributed by atoms with E-state index in [1.165, 1.54) is 6.07 Å². The Balaban J connectivity index is 2.27. The molecular weight excluding hydrogens is 255 g/mol. The molecule has 0 aromatic heterocycles. The summed E-state index contributed by atoms with van der Waals surface area (Å²) < 4.78 is 44.7. The Hall–Kier alpha value is -2.01. The van der Waals surface area contributed by atoms with Crippen molar-refractivity contribution in [3.05, 3.63) is 59.4 Å². The fourth-order valence-corrected chi connectivity index (χ4v) is 1.68. The van der Waals surface area contributed by atoms with E-state index in [9.17, 15) is 13.2 Å². The van der Waals surface area contributed by atoms with E-state index in [1.54, 1.807) is 6.07 Å². The highest BCUT2D eigenvalue weighted by atomic mass is 19.1. The molecule has 2 aromatic rings. The van der Waals surface area contributed by atoms with Crippen LogP contribution in [0.2, 0.25) is 0 Å². The zero-order valence-electron chi connectivity index (χ0n) is 10.00. The molecule has 0 unspecified atom stereocenters. The van der Waals surface area contributed by atoms with E-state index in [1.807, 2.05) is 0 Å². The summed E-state index contributed by atoms with van der Waals surface area (Å²) in [4.78, 5) is 0. The van der Waals surface area contributed by atoms with Crippen LogP contribution < -0.4 is 10.5 Å². The molecule has 0 aliphatic carbocycles. The molecule has 5 heteroatoms. The third-order valence-electron chi connectivity index (χ3n) is 2.49. The lowest BCUT2D eigenvalue weighted by Gasteiger charge is -2.09. The van der Waals surface area contributed by atoms with Crippen molar-refractivity contribution in [3.8, 4) is 11.5 Å². The molecule has 100 valence electrons. The lowest BCUT2D eigenvalue weighted by molar-refractivity contribution is 0.434. The maximum absolute atomic E-state index is 13.4. The molecule has 0 saturated heterocycles. The molecule has 2 rings (SSSR count). The number of hydrogen-bond donors (Lipinski definition) is 1. The smallest absolute Gasteiger partial charge is 0.168 e. The van der Waals surface area contributed by atoms with Gasteiger partial charge < -0.3 is 10.5 Å². The van der Waals surface area contributed by atoms with Gasteiger partial charge in [-0.1, -0.05) is 0 Å². The van der Waals surface area contributed by atoms with Gasteiger partial charge in [0, 0.05) is 12.1 Å². The number of halogens is 3. The summed E-state index contributed by atoms with van der Waals surface area (Å²) in [5.74, 6) is -2.05. The summed E-state index contributed by atoms with van der Waals surface area (Å²) in [5, 5.41) is 0. The molecule has 0 atom stereocenters. The lowest BCUT2D eigenvalue weighted by Crippen LogP contribution is -2.03. The Kier molecular flexibility index (Phi) is 4.06. The average molecular weight is 267 g/mol. The minimum Gasteiger partial charge on any atom is -0.454 e. The van der Waals surface area contributed by atoms with Gasteiger partial charge in [-0.25, -0.2) is 13.2 Å². The SMILES string of the molecule is NCCc1cc(F)cc(Oc2ccc(F)cc2F)c1. The first-order valence-corrected chi connectivity index (χ1v) is 5.71. The largest absolute Gasteiger partial charge is 0.454 e. The third kappa shape index (κ3) is 3.48. The normalized spacial score (nSPS) is 10.5. The number of ether oxygens (including phenoxy) is 1. The molecule has 0 aliphatic rings. The summed E-state index contributed by atoms with van der Waals surface area (Å²) in [6.07, 6.45) is 0.486. The van der Waals surface area contributed by atoms with E-state index in [4.69, 9.17) is 10.5 Å². The minimum absolute atomic E-state index is 0.147. The van der Waals surface area contributed by atoms with Gasteiger partial charge >= 0.3 is 0 Å². The second-order valence-corrected chi connectivity index (χ2v) is 4.01. The second-order valence-electron chi connectivity index (χ2n) is 4.01. The molecule has 0 saturated carbocycles. The lowest BCUT2D eigenvalue weighted by atomic mass is 10.1. The van der Waals surface area contributed by atoms with Crippen molar-refractivity contribution >= 4 is 0 Å². The summed E-state index contributed by atoms with van der Waals surface area (Å²) in [6, 6.07) is 6.95. The number of hydrogen-bond acceptors (Lipinski definition) is 2. The van der Waals surface area contributed by atoms with Gasteiger partial charge in [-0.15, -0.1) is 0 Å². The van der Waals surface area contributed by atoms with Crippen molar-refractivity contribution in [2.24, 2.45) is 5.73 Å². The Morgan fingerprint density at radius 3 is 2.42 bits per heavy atom. The molecule has 0 spiro atoms. The average Bonchev–Trinajstić information content (AvgIpc) is 2.32. The van der Waals surface area contributed by atoms with E-state index in [2.05, 4.69) is 0 Å². The summed E-state index contributed by atoms with van der Waals surface area (Å²) in [6.45, 7) is 0.369. The maximum Gasteiger partial charge on any atom is 0.168 e. The number of rotatable bonds is 4. The van der Waals surface area contributed by atoms with Gasteiger partial charge in [-0.2, -0.15) is 0 Å². The summed E-state index contributed by atoms with van der Waals surface area (Å²) in [5.41, 5.74) is 6.04. The standard InChI is InChI=1S/C14H12F3NO/c15-10-1-2-14(13(17)8-10)19-12-6-9(3-4-18)5-11(16)7-12/h1-2,5-8H,3-4,18H2. The van der Waals surface area contributed by atoms with Gasteiger partial charge in [0.2, 0.25) is 0 Å². The molecule has 2 nitrogen and oxygen atoms in total. The Morgan fingerprint density at radius 2 is 1.74 bits per heavy atom. The van der Waals surface area contributed by atoms with Gasteiger partial charge in [0.15, 0.2) is 11.6 Å². The Morgan fingerprint density at radius 1 is 0.947 bits per heavy atom. The van der Waals surface area contributed by atoms with Crippen LogP contribution in [0.25, 0.3) is 0 Å². The van der Waals surface area contributed by atoms with E-state index in [0.29, 0.717) is 24.6 Å². The second kappa shape index (κ2) is 5.75. The molecule has 2 N–H and O–H groups in total. The van der Waals surface area contributed by atoms with Gasteiger partial charge in [-0.05, 0) is 42.8 Å². The maximum atomic E-state index is 13.4. The molecule has 0 bridgehead atoms. The first-order chi connectivity index (χ1) is 9.08. The topological polar surface area (TPSA) is 35.2 Å². The van der Waals surface area contributed by atoms with Crippen LogP contribution in [0.4, 0.5) is 13.2 Å². The highest BCUT2D eigenvalue weighted by molar-refractivity contribution is 5.35. The zero-order valence-corrected chi connectivity index (χ0v) is 10.00. The quantitative estimate of drug-likeness (QED) is 0.921. The minimum atomic E-state index is -0.843. The fourth-order valence-electron chi connectivity index (χ4n) is 1.68. The number of benzene rings is 2. The van der Waals surface area contributed by atoms with E-state index in [0.717, 1.165) is 18.2 Å². The van der Waals surface area contributed by atoms with E-state index >= 15 is 0 Å². The number of nitrogens with two attached hydrogens (primary N) is 1. The van der Waals surface area contributed by atoms with Crippen LogP contribution in [-0.4, -0.2) is 6.54 Å². The highest BCUT2D eigenvalue weighted by Crippen LogP contribution is 2.26. The third-order valence-corrected chi connectivity index (χ3v) is 2.49. The van der Waals surface area contributed by atoms with E-state index in [-0.39, 0.29) is 11.5 Å². The van der Waals surface area contributed by atoms with Crippen molar-refractivity contribution in [1.82, 2.24) is 0 Å². The molecule has 0 heterocycles. The predicted octanol–water partition coefficient (Wildman–Crippen LogP) is 3.40. The zero-order chi connectivity index (χ0) is 13.8. The van der Waals surface area contributed by atoms with Gasteiger partial charge in [0.1, 0.15) is 17.4 Å². The Bertz CT molecular complexity index is 587. The molecule has 2 aromatic carbocycles. The van der Waals surface area contributed by atoms with Crippen molar-refractivity contribution < 1.29 is 17.9 Å². The van der Waals surface area contributed by atoms with Crippen LogP contribution in [0.3, 0.4) is 0 Å². The fraction of sp³-hybridized carbons (Fsp3) is 0.143. The van der Waals surface area contributed by atoms with Crippen LogP contribution in [0.15, 0.2) is 36.4 Å². The van der Waals surface area contributed by atoms with Crippen molar-refractivity contribution in [2.45, 2.75) is 6.42 Å². The van der Waals surface area contributed by atoms with Crippen LogP contribution in [0.5, 0.6) is 11.5 Å². The van der Waals surface area contributed by atoms with Crippen molar-refractivity contribution in [3.63, 3.8) is 0 Å². The van der Waals surface area contributed by atoms with Gasteiger partial charge in [0.05, 0.1) is 0 Å².